The number of nitrogens with zero attached hydrogens (tertiary/aromatic N) is 1. The summed E-state index contributed by atoms with van der Waals surface area (Å²) in [4.78, 5) is 15.8. The maximum Gasteiger partial charge on any atom is 0.168 e. The van der Waals surface area contributed by atoms with Crippen molar-refractivity contribution in [2.45, 2.75) is 6.42 Å². The largest absolute Gasteiger partial charge is 0.294 e. The Kier molecular flexibility index (Phi) is 2.70. The van der Waals surface area contributed by atoms with Gasteiger partial charge < -0.3 is 0 Å². The second-order valence-electron chi connectivity index (χ2n) is 2.95. The van der Waals surface area contributed by atoms with Crippen molar-refractivity contribution in [3.8, 4) is 0 Å². The zero-order valence-corrected chi connectivity index (χ0v) is 8.33. The molecule has 2 aromatic rings. The first-order valence-electron chi connectivity index (χ1n) is 4.31. The number of thiazole rings is 1. The summed E-state index contributed by atoms with van der Waals surface area (Å²) < 4.78 is 0. The Labute approximate surface area is 86.2 Å². The van der Waals surface area contributed by atoms with Crippen LogP contribution in [-0.4, -0.2) is 10.8 Å². The molecule has 0 radical (unpaired) electrons. The Morgan fingerprint density at radius 3 is 2.71 bits per heavy atom. The van der Waals surface area contributed by atoms with Gasteiger partial charge in [0.1, 0.15) is 0 Å². The molecule has 2 rings (SSSR count). The predicted molar refractivity (Wildman–Crippen MR) is 56.6 cm³/mol. The van der Waals surface area contributed by atoms with Crippen LogP contribution in [0, 0.1) is 0 Å². The highest BCUT2D eigenvalue weighted by molar-refractivity contribution is 7.07. The Morgan fingerprint density at radius 1 is 1.29 bits per heavy atom. The average molecular weight is 203 g/mol. The van der Waals surface area contributed by atoms with Crippen molar-refractivity contribution in [1.29, 1.82) is 0 Å². The van der Waals surface area contributed by atoms with Gasteiger partial charge in [-0.3, -0.25) is 4.79 Å². The fourth-order valence-electron chi connectivity index (χ4n) is 1.22. The van der Waals surface area contributed by atoms with Crippen LogP contribution in [0.5, 0.6) is 0 Å². The van der Waals surface area contributed by atoms with Crippen molar-refractivity contribution in [2.75, 3.05) is 0 Å². The van der Waals surface area contributed by atoms with Crippen LogP contribution >= 0.6 is 11.3 Å². The summed E-state index contributed by atoms with van der Waals surface area (Å²) in [7, 11) is 0. The molecule has 0 aliphatic heterocycles. The van der Waals surface area contributed by atoms with Crippen molar-refractivity contribution in [1.82, 2.24) is 4.98 Å². The molecule has 14 heavy (non-hydrogen) atoms. The van der Waals surface area contributed by atoms with Crippen molar-refractivity contribution in [3.63, 3.8) is 0 Å². The van der Waals surface area contributed by atoms with Crippen LogP contribution < -0.4 is 0 Å². The topological polar surface area (TPSA) is 30.0 Å². The third-order valence-electron chi connectivity index (χ3n) is 1.92. The van der Waals surface area contributed by atoms with Crippen molar-refractivity contribution in [2.24, 2.45) is 0 Å². The first kappa shape index (κ1) is 9.09. The molecule has 0 atom stereocenters. The van der Waals surface area contributed by atoms with E-state index < -0.39 is 0 Å². The Hall–Kier alpha value is -1.48. The van der Waals surface area contributed by atoms with Gasteiger partial charge in [0.15, 0.2) is 5.78 Å². The van der Waals surface area contributed by atoms with Crippen molar-refractivity contribution >= 4 is 17.1 Å². The first-order chi connectivity index (χ1) is 6.86. The lowest BCUT2D eigenvalue weighted by atomic mass is 10.1. The molecular formula is C11H9NOS. The zero-order valence-electron chi connectivity index (χ0n) is 7.51. The van der Waals surface area contributed by atoms with Crippen LogP contribution in [0.3, 0.4) is 0 Å². The maximum absolute atomic E-state index is 11.7. The van der Waals surface area contributed by atoms with Gasteiger partial charge in [0, 0.05) is 10.9 Å². The van der Waals surface area contributed by atoms with Gasteiger partial charge in [0.25, 0.3) is 0 Å². The van der Waals surface area contributed by atoms with Crippen LogP contribution in [0.15, 0.2) is 41.2 Å². The molecule has 0 bridgehead atoms. The summed E-state index contributed by atoms with van der Waals surface area (Å²) in [6.45, 7) is 0. The predicted octanol–water partition coefficient (Wildman–Crippen LogP) is 2.57. The van der Waals surface area contributed by atoms with Gasteiger partial charge in [-0.2, -0.15) is 0 Å². The molecule has 0 unspecified atom stereocenters. The minimum atomic E-state index is 0.122. The van der Waals surface area contributed by atoms with Gasteiger partial charge in [-0.25, -0.2) is 4.98 Å². The third-order valence-corrected chi connectivity index (χ3v) is 2.56. The van der Waals surface area contributed by atoms with Crippen LogP contribution in [0.2, 0.25) is 0 Å². The summed E-state index contributed by atoms with van der Waals surface area (Å²) in [6.07, 6.45) is 0.396. The lowest BCUT2D eigenvalue weighted by molar-refractivity contribution is 0.0992. The van der Waals surface area contributed by atoms with Crippen LogP contribution in [-0.2, 0) is 6.42 Å². The van der Waals surface area contributed by atoms with E-state index in [1.807, 2.05) is 35.7 Å². The Morgan fingerprint density at radius 2 is 2.07 bits per heavy atom. The number of aromatic nitrogens is 1. The van der Waals surface area contributed by atoms with E-state index in [0.29, 0.717) is 6.42 Å². The van der Waals surface area contributed by atoms with E-state index in [-0.39, 0.29) is 5.78 Å². The Balaban J connectivity index is 2.11. The maximum atomic E-state index is 11.7. The first-order valence-corrected chi connectivity index (χ1v) is 5.26. The van der Waals surface area contributed by atoms with Crippen LogP contribution in [0.25, 0.3) is 0 Å². The molecule has 0 amide bonds. The highest BCUT2D eigenvalue weighted by Crippen LogP contribution is 2.07. The summed E-state index contributed by atoms with van der Waals surface area (Å²) in [6, 6.07) is 9.30. The van der Waals surface area contributed by atoms with Crippen LogP contribution in [0.4, 0.5) is 0 Å². The molecule has 0 N–H and O–H groups in total. The van der Waals surface area contributed by atoms with E-state index in [0.717, 1.165) is 11.3 Å². The summed E-state index contributed by atoms with van der Waals surface area (Å²) in [5.74, 6) is 0.122. The molecule has 1 aromatic heterocycles. The smallest absolute Gasteiger partial charge is 0.168 e. The Bertz CT molecular complexity index is 408. The molecule has 0 aliphatic carbocycles. The zero-order chi connectivity index (χ0) is 9.80. The molecule has 1 aromatic carbocycles. The second-order valence-corrected chi connectivity index (χ2v) is 3.66. The van der Waals surface area contributed by atoms with Gasteiger partial charge in [-0.1, -0.05) is 30.3 Å². The van der Waals surface area contributed by atoms with Gasteiger partial charge in [-0.15, -0.1) is 11.3 Å². The molecule has 0 fully saturated rings. The second kappa shape index (κ2) is 4.15. The molecule has 0 aliphatic rings. The minimum Gasteiger partial charge on any atom is -0.294 e. The highest BCUT2D eigenvalue weighted by atomic mass is 32.1. The van der Waals surface area contributed by atoms with Gasteiger partial charge in [0.05, 0.1) is 17.6 Å². The number of carbonyl (C=O) groups excluding carboxylic acids is 1. The van der Waals surface area contributed by atoms with Crippen LogP contribution in [0.1, 0.15) is 16.1 Å². The number of ketones is 1. The monoisotopic (exact) mass is 203 g/mol. The molecular weight excluding hydrogens is 194 g/mol. The SMILES string of the molecule is O=C(Cc1cscn1)c1ccccc1. The lowest BCUT2D eigenvalue weighted by Gasteiger charge is -1.97. The molecule has 70 valence electrons. The average Bonchev–Trinajstić information content (AvgIpc) is 2.72. The fourth-order valence-corrected chi connectivity index (χ4v) is 1.77. The summed E-state index contributed by atoms with van der Waals surface area (Å²) in [5, 5.41) is 1.90. The van der Waals surface area contributed by atoms with Gasteiger partial charge in [0.2, 0.25) is 0 Å². The minimum absolute atomic E-state index is 0.122. The van der Waals surface area contributed by atoms with E-state index in [4.69, 9.17) is 0 Å². The number of benzene rings is 1. The number of hydrogen-bond acceptors (Lipinski definition) is 3. The van der Waals surface area contributed by atoms with E-state index >= 15 is 0 Å². The summed E-state index contributed by atoms with van der Waals surface area (Å²) in [5.41, 5.74) is 3.34. The van der Waals surface area contributed by atoms with Crippen molar-refractivity contribution < 1.29 is 4.79 Å². The van der Waals surface area contributed by atoms with E-state index in [2.05, 4.69) is 4.98 Å². The molecule has 1 heterocycles. The normalized spacial score (nSPS) is 10.0. The van der Waals surface area contributed by atoms with E-state index in [9.17, 15) is 4.79 Å². The number of rotatable bonds is 3. The molecule has 2 nitrogen and oxygen atoms in total. The fraction of sp³-hybridized carbons (Fsp3) is 0.0909. The molecule has 0 saturated heterocycles. The number of hydrogen-bond donors (Lipinski definition) is 0. The van der Waals surface area contributed by atoms with Gasteiger partial charge >= 0.3 is 0 Å². The third kappa shape index (κ3) is 2.06. The highest BCUT2D eigenvalue weighted by Gasteiger charge is 2.06. The quantitative estimate of drug-likeness (QED) is 0.717. The molecule has 0 spiro atoms. The number of Topliss-reactive ketones (excluding diaryl/α,β-unsaturated/α-hetero) is 1. The number of carbonyl (C=O) groups is 1. The standard InChI is InChI=1S/C11H9NOS/c13-11(6-10-7-14-8-12-10)9-4-2-1-3-5-9/h1-5,7-8H,6H2. The van der Waals surface area contributed by atoms with E-state index in [1.165, 1.54) is 11.3 Å². The summed E-state index contributed by atoms with van der Waals surface area (Å²) >= 11 is 1.51. The van der Waals surface area contributed by atoms with Crippen molar-refractivity contribution in [3.05, 3.63) is 52.5 Å². The molecule has 3 heteroatoms. The lowest BCUT2D eigenvalue weighted by Crippen LogP contribution is -2.03. The molecule has 0 saturated carbocycles. The van der Waals surface area contributed by atoms with Gasteiger partial charge in [-0.05, 0) is 0 Å². The van der Waals surface area contributed by atoms with E-state index in [1.54, 1.807) is 5.51 Å².